The number of likely N-dealkylation sites (N-methyl/N-ethyl adjacent to an activating group) is 1. The van der Waals surface area contributed by atoms with Crippen LogP contribution in [0.1, 0.15) is 17.6 Å². The van der Waals surface area contributed by atoms with E-state index < -0.39 is 0 Å². The Hall–Kier alpha value is -1.69. The van der Waals surface area contributed by atoms with Crippen molar-refractivity contribution < 1.29 is 0 Å². The molecular formula is C16H22N6Se. The second kappa shape index (κ2) is 7.25. The quantitative estimate of drug-likeness (QED) is 0.773. The number of rotatable bonds is 4. The monoisotopic (exact) mass is 378 g/mol. The molecule has 1 unspecified atom stereocenters. The molecular weight excluding hydrogens is 355 g/mol. The molecule has 0 amide bonds. The molecule has 0 aliphatic carbocycles. The van der Waals surface area contributed by atoms with Crippen molar-refractivity contribution in [2.45, 2.75) is 11.7 Å². The number of nitrogens with zero attached hydrogens (tertiary/aromatic N) is 5. The van der Waals surface area contributed by atoms with Gasteiger partial charge in [-0.1, -0.05) is 0 Å². The molecule has 0 saturated carbocycles. The maximum atomic E-state index is 5.93. The minimum atomic E-state index is 0.265. The van der Waals surface area contributed by atoms with Crippen molar-refractivity contribution in [3.8, 4) is 0 Å². The number of piperazine rings is 1. The van der Waals surface area contributed by atoms with E-state index in [1.807, 2.05) is 6.07 Å². The molecule has 122 valence electrons. The summed E-state index contributed by atoms with van der Waals surface area (Å²) in [5.74, 6) is 1.84. The van der Waals surface area contributed by atoms with Crippen molar-refractivity contribution in [2.75, 3.05) is 43.9 Å². The average molecular weight is 377 g/mol. The van der Waals surface area contributed by atoms with Crippen LogP contribution in [0.3, 0.4) is 0 Å². The fourth-order valence-corrected chi connectivity index (χ4v) is 4.44. The second-order valence-electron chi connectivity index (χ2n) is 5.72. The van der Waals surface area contributed by atoms with Crippen LogP contribution in [0.2, 0.25) is 0 Å². The molecule has 6 nitrogen and oxygen atoms in total. The van der Waals surface area contributed by atoms with E-state index in [1.54, 1.807) is 0 Å². The van der Waals surface area contributed by atoms with Gasteiger partial charge in [-0.3, -0.25) is 0 Å². The number of nitrogen functional groups attached to an aromatic ring is 1. The molecule has 23 heavy (non-hydrogen) atoms. The van der Waals surface area contributed by atoms with Crippen LogP contribution in [0.25, 0.3) is 0 Å². The summed E-state index contributed by atoms with van der Waals surface area (Å²) in [6.45, 7) is 6.06. The summed E-state index contributed by atoms with van der Waals surface area (Å²) < 4.78 is 1.34. The minimum absolute atomic E-state index is 0.265. The van der Waals surface area contributed by atoms with Crippen molar-refractivity contribution in [2.24, 2.45) is 0 Å². The van der Waals surface area contributed by atoms with Gasteiger partial charge in [0.1, 0.15) is 0 Å². The molecule has 2 heterocycles. The summed E-state index contributed by atoms with van der Waals surface area (Å²) in [5.41, 5.74) is 5.93. The first-order valence-electron chi connectivity index (χ1n) is 7.78. The van der Waals surface area contributed by atoms with E-state index in [9.17, 15) is 0 Å². The van der Waals surface area contributed by atoms with Crippen molar-refractivity contribution >= 4 is 31.3 Å². The van der Waals surface area contributed by atoms with E-state index >= 15 is 0 Å². The summed E-state index contributed by atoms with van der Waals surface area (Å²) in [4.78, 5) is 18.2. The number of anilines is 2. The number of aromatic nitrogens is 3. The predicted octanol–water partition coefficient (Wildman–Crippen LogP) is 0.296. The molecule has 1 aromatic heterocycles. The third kappa shape index (κ3) is 4.19. The van der Waals surface area contributed by atoms with Gasteiger partial charge in [-0.05, 0) is 0 Å². The fraction of sp³-hybridized carbons (Fsp3) is 0.438. The van der Waals surface area contributed by atoms with Crippen molar-refractivity contribution in [1.29, 1.82) is 0 Å². The molecule has 7 heteroatoms. The van der Waals surface area contributed by atoms with Gasteiger partial charge in [0.2, 0.25) is 0 Å². The summed E-state index contributed by atoms with van der Waals surface area (Å²) in [6, 6.07) is 10.5. The molecule has 0 radical (unpaired) electrons. The van der Waals surface area contributed by atoms with Gasteiger partial charge < -0.3 is 0 Å². The Kier molecular flexibility index (Phi) is 5.10. The average Bonchev–Trinajstić information content (AvgIpc) is 2.56. The summed E-state index contributed by atoms with van der Waals surface area (Å²) >= 11 is 0.272. The van der Waals surface area contributed by atoms with Crippen molar-refractivity contribution in [3.63, 3.8) is 0 Å². The van der Waals surface area contributed by atoms with Gasteiger partial charge >= 0.3 is 143 Å². The Morgan fingerprint density at radius 3 is 2.43 bits per heavy atom. The molecule has 1 aromatic carbocycles. The van der Waals surface area contributed by atoms with Crippen LogP contribution in [0, 0.1) is 0 Å². The molecule has 2 aromatic rings. The standard InChI is InChI=1S/C16H22N6Se/c1-12(23-13-6-4-3-5-7-13)14-18-15(17)20-16(19-14)22-10-8-21(2)9-11-22/h3-7,12H,8-11H2,1-2H3,(H2,17,18,19,20). The van der Waals surface area contributed by atoms with Gasteiger partial charge in [0.25, 0.3) is 0 Å². The van der Waals surface area contributed by atoms with E-state index in [0.717, 1.165) is 38.0 Å². The summed E-state index contributed by atoms with van der Waals surface area (Å²) in [6.07, 6.45) is 0. The zero-order chi connectivity index (χ0) is 16.2. The normalized spacial score (nSPS) is 17.2. The molecule has 0 spiro atoms. The second-order valence-corrected chi connectivity index (χ2v) is 8.68. The Balaban J connectivity index is 1.77. The zero-order valence-electron chi connectivity index (χ0n) is 13.5. The van der Waals surface area contributed by atoms with Gasteiger partial charge in [0.15, 0.2) is 0 Å². The third-order valence-electron chi connectivity index (χ3n) is 3.86. The van der Waals surface area contributed by atoms with Crippen molar-refractivity contribution in [1.82, 2.24) is 19.9 Å². The van der Waals surface area contributed by atoms with Crippen LogP contribution in [0.15, 0.2) is 30.3 Å². The first kappa shape index (κ1) is 16.2. The van der Waals surface area contributed by atoms with E-state index in [-0.39, 0.29) is 19.8 Å². The third-order valence-corrected chi connectivity index (χ3v) is 6.19. The van der Waals surface area contributed by atoms with Gasteiger partial charge in [0.05, 0.1) is 0 Å². The molecule has 1 fully saturated rings. The Bertz CT molecular complexity index is 642. The molecule has 1 saturated heterocycles. The molecule has 0 bridgehead atoms. The fourth-order valence-electron chi connectivity index (χ4n) is 2.48. The SMILES string of the molecule is CC([Se]c1ccccc1)c1nc(N)nc(N2CCN(C)CC2)n1. The molecule has 3 rings (SSSR count). The topological polar surface area (TPSA) is 71.2 Å². The van der Waals surface area contributed by atoms with Gasteiger partial charge in [-0.15, -0.1) is 0 Å². The molecule has 1 aliphatic rings. The van der Waals surface area contributed by atoms with Gasteiger partial charge in [0, 0.05) is 0 Å². The molecule has 2 N–H and O–H groups in total. The zero-order valence-corrected chi connectivity index (χ0v) is 15.2. The van der Waals surface area contributed by atoms with E-state index in [2.05, 4.69) is 58.0 Å². The number of benzene rings is 1. The van der Waals surface area contributed by atoms with Gasteiger partial charge in [-0.25, -0.2) is 0 Å². The molecule has 1 atom stereocenters. The first-order chi connectivity index (χ1) is 11.1. The van der Waals surface area contributed by atoms with Crippen LogP contribution < -0.4 is 15.1 Å². The first-order valence-corrected chi connectivity index (χ1v) is 9.63. The Morgan fingerprint density at radius 2 is 1.74 bits per heavy atom. The van der Waals surface area contributed by atoms with Crippen molar-refractivity contribution in [3.05, 3.63) is 36.2 Å². The Morgan fingerprint density at radius 1 is 1.04 bits per heavy atom. The molecule has 1 aliphatic heterocycles. The van der Waals surface area contributed by atoms with E-state index in [0.29, 0.717) is 5.95 Å². The summed E-state index contributed by atoms with van der Waals surface area (Å²) in [5, 5.41) is 0. The number of hydrogen-bond acceptors (Lipinski definition) is 6. The van der Waals surface area contributed by atoms with Crippen LogP contribution in [-0.2, 0) is 0 Å². The maximum absolute atomic E-state index is 5.93. The number of hydrogen-bond donors (Lipinski definition) is 1. The van der Waals surface area contributed by atoms with Crippen LogP contribution in [0.5, 0.6) is 0 Å². The predicted molar refractivity (Wildman–Crippen MR) is 94.2 cm³/mol. The Labute approximate surface area is 143 Å². The van der Waals surface area contributed by atoms with E-state index in [1.165, 1.54) is 4.46 Å². The summed E-state index contributed by atoms with van der Waals surface area (Å²) in [7, 11) is 2.13. The van der Waals surface area contributed by atoms with Gasteiger partial charge in [-0.2, -0.15) is 0 Å². The van der Waals surface area contributed by atoms with Crippen LogP contribution in [0.4, 0.5) is 11.9 Å². The number of nitrogens with two attached hydrogens (primary N) is 1. The van der Waals surface area contributed by atoms with Crippen LogP contribution >= 0.6 is 0 Å². The van der Waals surface area contributed by atoms with E-state index in [4.69, 9.17) is 10.7 Å². The van der Waals surface area contributed by atoms with Crippen LogP contribution in [-0.4, -0.2) is 68.0 Å².